The summed E-state index contributed by atoms with van der Waals surface area (Å²) in [6.45, 7) is 2.25. The van der Waals surface area contributed by atoms with Crippen LogP contribution in [-0.2, 0) is 6.18 Å². The molecule has 0 aliphatic heterocycles. The summed E-state index contributed by atoms with van der Waals surface area (Å²) in [5.41, 5.74) is 1.30. The van der Waals surface area contributed by atoms with E-state index in [0.29, 0.717) is 6.54 Å². The van der Waals surface area contributed by atoms with Crippen molar-refractivity contribution in [2.75, 3.05) is 17.3 Å². The Morgan fingerprint density at radius 2 is 1.93 bits per heavy atom. The molecule has 0 aliphatic rings. The molecule has 0 atom stereocenters. The van der Waals surface area contributed by atoms with Crippen LogP contribution in [0.4, 0.5) is 24.8 Å². The first kappa shape index (κ1) is 11.6. The lowest BCUT2D eigenvalue weighted by molar-refractivity contribution is -0.137. The summed E-state index contributed by atoms with van der Waals surface area (Å²) >= 11 is 0. The smallest absolute Gasteiger partial charge is 0.370 e. The van der Waals surface area contributed by atoms with Gasteiger partial charge in [-0.3, -0.25) is 0 Å². The number of halogens is 3. The number of hydrogen-bond acceptors (Lipinski definition) is 4. The van der Waals surface area contributed by atoms with Crippen LogP contribution in [0, 0.1) is 0 Å². The Kier molecular flexibility index (Phi) is 3.35. The molecule has 4 N–H and O–H groups in total. The highest BCUT2D eigenvalue weighted by Gasteiger charge is 2.31. The lowest BCUT2D eigenvalue weighted by Crippen LogP contribution is -2.13. The lowest BCUT2D eigenvalue weighted by atomic mass is 10.2. The molecule has 1 heterocycles. The van der Waals surface area contributed by atoms with E-state index in [1.807, 2.05) is 0 Å². The van der Waals surface area contributed by atoms with Gasteiger partial charge in [-0.2, -0.15) is 13.2 Å². The Labute approximate surface area is 84.7 Å². The van der Waals surface area contributed by atoms with Crippen molar-refractivity contribution in [3.05, 3.63) is 17.7 Å². The number of nitrogens with one attached hydrogen (secondary N) is 2. The van der Waals surface area contributed by atoms with Gasteiger partial charge in [-0.1, -0.05) is 0 Å². The largest absolute Gasteiger partial charge is 0.416 e. The van der Waals surface area contributed by atoms with Crippen molar-refractivity contribution in [3.63, 3.8) is 0 Å². The molecular weight excluding hydrogens is 209 g/mol. The van der Waals surface area contributed by atoms with E-state index in [-0.39, 0.29) is 11.6 Å². The molecule has 7 heteroatoms. The predicted molar refractivity (Wildman–Crippen MR) is 51.2 cm³/mol. The molecular formula is C8H11F3N4. The van der Waals surface area contributed by atoms with Gasteiger partial charge >= 0.3 is 6.18 Å². The van der Waals surface area contributed by atoms with Crippen LogP contribution in [-0.4, -0.2) is 11.5 Å². The van der Waals surface area contributed by atoms with E-state index >= 15 is 0 Å². The van der Waals surface area contributed by atoms with Gasteiger partial charge in [-0.05, 0) is 19.1 Å². The summed E-state index contributed by atoms with van der Waals surface area (Å²) in [7, 11) is 0. The second-order valence-corrected chi connectivity index (χ2v) is 2.80. The van der Waals surface area contributed by atoms with Crippen LogP contribution in [0.5, 0.6) is 0 Å². The van der Waals surface area contributed by atoms with Crippen molar-refractivity contribution >= 4 is 11.6 Å². The Bertz CT molecular complexity index is 337. The van der Waals surface area contributed by atoms with E-state index in [1.165, 1.54) is 0 Å². The number of anilines is 2. The van der Waals surface area contributed by atoms with Gasteiger partial charge < -0.3 is 10.7 Å². The number of pyridine rings is 1. The van der Waals surface area contributed by atoms with E-state index in [0.717, 1.165) is 12.1 Å². The second kappa shape index (κ2) is 4.35. The zero-order valence-corrected chi connectivity index (χ0v) is 8.02. The zero-order chi connectivity index (χ0) is 11.5. The van der Waals surface area contributed by atoms with Crippen molar-refractivity contribution in [2.45, 2.75) is 13.1 Å². The number of nitrogens with two attached hydrogens (primary N) is 1. The van der Waals surface area contributed by atoms with Gasteiger partial charge in [-0.25, -0.2) is 10.8 Å². The molecule has 1 aromatic rings. The van der Waals surface area contributed by atoms with Crippen molar-refractivity contribution in [2.24, 2.45) is 5.84 Å². The number of alkyl halides is 3. The molecule has 0 saturated carbocycles. The normalized spacial score (nSPS) is 11.3. The highest BCUT2D eigenvalue weighted by Crippen LogP contribution is 2.31. The Balaban J connectivity index is 3.11. The van der Waals surface area contributed by atoms with Crippen LogP contribution < -0.4 is 16.6 Å². The van der Waals surface area contributed by atoms with E-state index in [9.17, 15) is 13.2 Å². The zero-order valence-electron chi connectivity index (χ0n) is 8.02. The molecule has 0 bridgehead atoms. The summed E-state index contributed by atoms with van der Waals surface area (Å²) in [6, 6.07) is 1.78. The van der Waals surface area contributed by atoms with Gasteiger partial charge in [0.05, 0.1) is 5.56 Å². The molecule has 4 nitrogen and oxygen atoms in total. The molecule has 15 heavy (non-hydrogen) atoms. The second-order valence-electron chi connectivity index (χ2n) is 2.80. The number of rotatable bonds is 3. The minimum atomic E-state index is -4.40. The van der Waals surface area contributed by atoms with E-state index in [4.69, 9.17) is 5.84 Å². The number of hydrazine groups is 1. The molecule has 0 aromatic carbocycles. The summed E-state index contributed by atoms with van der Waals surface area (Å²) < 4.78 is 37.2. The fourth-order valence-electron chi connectivity index (χ4n) is 1.04. The van der Waals surface area contributed by atoms with Gasteiger partial charge in [0.1, 0.15) is 11.6 Å². The maximum atomic E-state index is 12.4. The molecule has 1 rings (SSSR count). The Hall–Kier alpha value is -1.50. The third kappa shape index (κ3) is 2.98. The Morgan fingerprint density at radius 3 is 2.40 bits per heavy atom. The predicted octanol–water partition coefficient (Wildman–Crippen LogP) is 1.82. The van der Waals surface area contributed by atoms with Crippen molar-refractivity contribution in [1.29, 1.82) is 0 Å². The first-order valence-electron chi connectivity index (χ1n) is 4.27. The van der Waals surface area contributed by atoms with Gasteiger partial charge in [0.15, 0.2) is 0 Å². The maximum absolute atomic E-state index is 12.4. The first-order valence-corrected chi connectivity index (χ1v) is 4.27. The molecule has 84 valence electrons. The third-order valence-corrected chi connectivity index (χ3v) is 1.66. The van der Waals surface area contributed by atoms with Crippen LogP contribution in [0.15, 0.2) is 12.1 Å². The molecule has 0 amide bonds. The SMILES string of the molecule is CCNc1cc(C(F)(F)F)cc(NN)n1. The summed E-state index contributed by atoms with van der Waals surface area (Å²) in [4.78, 5) is 3.81. The highest BCUT2D eigenvalue weighted by atomic mass is 19.4. The number of aromatic nitrogens is 1. The van der Waals surface area contributed by atoms with Crippen molar-refractivity contribution in [1.82, 2.24) is 4.98 Å². The molecule has 0 saturated heterocycles. The van der Waals surface area contributed by atoms with Crippen LogP contribution in [0.1, 0.15) is 12.5 Å². The van der Waals surface area contributed by atoms with Gasteiger partial charge in [0.25, 0.3) is 0 Å². The minimum absolute atomic E-state index is 0.0271. The number of hydrogen-bond donors (Lipinski definition) is 3. The maximum Gasteiger partial charge on any atom is 0.416 e. The molecule has 0 spiro atoms. The molecule has 0 radical (unpaired) electrons. The topological polar surface area (TPSA) is 63.0 Å². The van der Waals surface area contributed by atoms with Gasteiger partial charge in [0.2, 0.25) is 0 Å². The summed E-state index contributed by atoms with van der Waals surface area (Å²) in [6.07, 6.45) is -4.40. The van der Waals surface area contributed by atoms with Gasteiger partial charge in [-0.15, -0.1) is 0 Å². The van der Waals surface area contributed by atoms with E-state index in [1.54, 1.807) is 6.92 Å². The molecule has 0 aliphatic carbocycles. The first-order chi connectivity index (χ1) is 6.97. The lowest BCUT2D eigenvalue weighted by Gasteiger charge is -2.11. The van der Waals surface area contributed by atoms with Crippen molar-refractivity contribution in [3.8, 4) is 0 Å². The van der Waals surface area contributed by atoms with E-state index < -0.39 is 11.7 Å². The average Bonchev–Trinajstić information content (AvgIpc) is 2.16. The van der Waals surface area contributed by atoms with E-state index in [2.05, 4.69) is 15.7 Å². The van der Waals surface area contributed by atoms with Crippen LogP contribution >= 0.6 is 0 Å². The van der Waals surface area contributed by atoms with Crippen LogP contribution in [0.25, 0.3) is 0 Å². The summed E-state index contributed by atoms with van der Waals surface area (Å²) in [5.74, 6) is 5.13. The third-order valence-electron chi connectivity index (χ3n) is 1.66. The number of nitrogen functional groups attached to an aromatic ring is 1. The fraction of sp³-hybridized carbons (Fsp3) is 0.375. The van der Waals surface area contributed by atoms with Crippen LogP contribution in [0.2, 0.25) is 0 Å². The average molecular weight is 220 g/mol. The van der Waals surface area contributed by atoms with Gasteiger partial charge in [0, 0.05) is 6.54 Å². The fourth-order valence-corrected chi connectivity index (χ4v) is 1.04. The minimum Gasteiger partial charge on any atom is -0.370 e. The van der Waals surface area contributed by atoms with Crippen LogP contribution in [0.3, 0.4) is 0 Å². The molecule has 1 aromatic heterocycles. The molecule has 0 fully saturated rings. The standard InChI is InChI=1S/C8H11F3N4/c1-2-13-6-3-5(8(9,10)11)4-7(14-6)15-12/h3-4H,2,12H2,1H3,(H2,13,14,15). The Morgan fingerprint density at radius 1 is 1.33 bits per heavy atom. The van der Waals surface area contributed by atoms with Crippen molar-refractivity contribution < 1.29 is 13.2 Å². The molecule has 0 unspecified atom stereocenters. The monoisotopic (exact) mass is 220 g/mol. The summed E-state index contributed by atoms with van der Waals surface area (Å²) in [5, 5.41) is 2.69. The number of nitrogens with zero attached hydrogens (tertiary/aromatic N) is 1. The highest BCUT2D eigenvalue weighted by molar-refractivity contribution is 5.49. The quantitative estimate of drug-likeness (QED) is 0.537.